The molecule has 0 saturated heterocycles. The maximum absolute atomic E-state index is 11.5. The molecule has 2 aromatic heterocycles. The average Bonchev–Trinajstić information content (AvgIpc) is 2.61. The van der Waals surface area contributed by atoms with Crippen LogP contribution >= 0.6 is 15.9 Å². The van der Waals surface area contributed by atoms with E-state index in [1.807, 2.05) is 0 Å². The minimum Gasteiger partial charge on any atom is -0.461 e. The lowest BCUT2D eigenvalue weighted by molar-refractivity contribution is 0.0518. The van der Waals surface area contributed by atoms with Gasteiger partial charge < -0.3 is 4.74 Å². The minimum atomic E-state index is -0.423. The van der Waals surface area contributed by atoms with Crippen molar-refractivity contribution in [3.63, 3.8) is 0 Å². The largest absolute Gasteiger partial charge is 0.461 e. The van der Waals surface area contributed by atoms with Crippen LogP contribution in [0.25, 0.3) is 5.65 Å². The molecule has 0 N–H and O–H groups in total. The molecule has 0 radical (unpaired) electrons. The fraction of sp³-hybridized carbons (Fsp3) is 0.300. The number of esters is 1. The van der Waals surface area contributed by atoms with Gasteiger partial charge in [0.15, 0.2) is 11.3 Å². The van der Waals surface area contributed by atoms with E-state index in [4.69, 9.17) is 4.74 Å². The lowest BCUT2D eigenvalue weighted by Gasteiger charge is -2.04. The molecule has 0 aromatic carbocycles. The third kappa shape index (κ3) is 1.80. The summed E-state index contributed by atoms with van der Waals surface area (Å²) in [6.45, 7) is 3.90. The van der Waals surface area contributed by atoms with Crippen molar-refractivity contribution >= 4 is 27.5 Å². The second-order valence-electron chi connectivity index (χ2n) is 3.21. The van der Waals surface area contributed by atoms with Crippen molar-refractivity contribution < 1.29 is 9.53 Å². The molecule has 0 unspecified atom stereocenters. The molecule has 0 saturated carbocycles. The first kappa shape index (κ1) is 11.1. The number of aryl methyl sites for hydroxylation is 1. The van der Waals surface area contributed by atoms with Crippen LogP contribution in [0.15, 0.2) is 17.0 Å². The molecule has 2 heterocycles. The van der Waals surface area contributed by atoms with Crippen molar-refractivity contribution in [1.29, 1.82) is 0 Å². The molecule has 84 valence electrons. The SMILES string of the molecule is CCOC(=O)c1cn2c(Br)cnc2c(C)n1. The Bertz CT molecular complexity index is 550. The maximum Gasteiger partial charge on any atom is 0.358 e. The molecule has 0 aliphatic carbocycles. The fourth-order valence-corrected chi connectivity index (χ4v) is 1.79. The van der Waals surface area contributed by atoms with Gasteiger partial charge in [-0.3, -0.25) is 4.40 Å². The van der Waals surface area contributed by atoms with Crippen LogP contribution < -0.4 is 0 Å². The van der Waals surface area contributed by atoms with E-state index in [0.29, 0.717) is 12.3 Å². The Morgan fingerprint density at radius 3 is 3.06 bits per heavy atom. The first-order valence-electron chi connectivity index (χ1n) is 4.80. The Morgan fingerprint density at radius 1 is 1.62 bits per heavy atom. The summed E-state index contributed by atoms with van der Waals surface area (Å²) < 4.78 is 7.43. The Morgan fingerprint density at radius 2 is 2.38 bits per heavy atom. The zero-order valence-electron chi connectivity index (χ0n) is 8.90. The van der Waals surface area contributed by atoms with Gasteiger partial charge in [0.25, 0.3) is 0 Å². The number of hydrogen-bond donors (Lipinski definition) is 0. The number of fused-ring (bicyclic) bond motifs is 1. The lowest BCUT2D eigenvalue weighted by atomic mass is 10.4. The highest BCUT2D eigenvalue weighted by Crippen LogP contribution is 2.15. The molecule has 0 atom stereocenters. The van der Waals surface area contributed by atoms with Crippen LogP contribution in [0.4, 0.5) is 0 Å². The molecule has 0 aliphatic rings. The number of halogens is 1. The number of ether oxygens (including phenoxy) is 1. The predicted octanol–water partition coefficient (Wildman–Crippen LogP) is 1.98. The van der Waals surface area contributed by atoms with Gasteiger partial charge in [0, 0.05) is 6.20 Å². The molecule has 6 heteroatoms. The number of hydrogen-bond acceptors (Lipinski definition) is 4. The van der Waals surface area contributed by atoms with Gasteiger partial charge in [-0.1, -0.05) is 0 Å². The van der Waals surface area contributed by atoms with Crippen LogP contribution in [-0.2, 0) is 4.74 Å². The van der Waals surface area contributed by atoms with Crippen LogP contribution in [0.3, 0.4) is 0 Å². The van der Waals surface area contributed by atoms with Gasteiger partial charge >= 0.3 is 5.97 Å². The Kier molecular flexibility index (Phi) is 2.91. The molecule has 0 fully saturated rings. The van der Waals surface area contributed by atoms with E-state index in [2.05, 4.69) is 25.9 Å². The summed E-state index contributed by atoms with van der Waals surface area (Å²) in [5.41, 5.74) is 1.70. The third-order valence-electron chi connectivity index (χ3n) is 2.10. The summed E-state index contributed by atoms with van der Waals surface area (Å²) in [4.78, 5) is 19.9. The van der Waals surface area contributed by atoms with Crippen LogP contribution in [-0.4, -0.2) is 26.9 Å². The van der Waals surface area contributed by atoms with E-state index in [0.717, 1.165) is 10.3 Å². The molecule has 16 heavy (non-hydrogen) atoms. The number of carbonyl (C=O) groups excluding carboxylic acids is 1. The van der Waals surface area contributed by atoms with Gasteiger partial charge in [0.1, 0.15) is 4.60 Å². The highest BCUT2D eigenvalue weighted by atomic mass is 79.9. The van der Waals surface area contributed by atoms with Crippen molar-refractivity contribution in [2.45, 2.75) is 13.8 Å². The van der Waals surface area contributed by atoms with Gasteiger partial charge in [-0.05, 0) is 29.8 Å². The molecule has 0 amide bonds. The number of imidazole rings is 1. The molecule has 5 nitrogen and oxygen atoms in total. The van der Waals surface area contributed by atoms with Crippen molar-refractivity contribution in [2.75, 3.05) is 6.61 Å². The van der Waals surface area contributed by atoms with Gasteiger partial charge in [-0.2, -0.15) is 0 Å². The second-order valence-corrected chi connectivity index (χ2v) is 4.02. The highest BCUT2D eigenvalue weighted by Gasteiger charge is 2.13. The van der Waals surface area contributed by atoms with Crippen molar-refractivity contribution in [3.05, 3.63) is 28.4 Å². The van der Waals surface area contributed by atoms with Crippen molar-refractivity contribution in [2.24, 2.45) is 0 Å². The van der Waals surface area contributed by atoms with Crippen LogP contribution in [0, 0.1) is 6.92 Å². The molecule has 2 aromatic rings. The average molecular weight is 284 g/mol. The zero-order valence-corrected chi connectivity index (χ0v) is 10.5. The summed E-state index contributed by atoms with van der Waals surface area (Å²) in [6, 6.07) is 0. The van der Waals surface area contributed by atoms with E-state index in [9.17, 15) is 4.79 Å². The minimum absolute atomic E-state index is 0.283. The van der Waals surface area contributed by atoms with Crippen LogP contribution in [0.2, 0.25) is 0 Å². The van der Waals surface area contributed by atoms with Gasteiger partial charge in [0.2, 0.25) is 0 Å². The lowest BCUT2D eigenvalue weighted by Crippen LogP contribution is -2.10. The number of aromatic nitrogens is 3. The van der Waals surface area contributed by atoms with E-state index >= 15 is 0 Å². The summed E-state index contributed by atoms with van der Waals surface area (Å²) in [7, 11) is 0. The van der Waals surface area contributed by atoms with Gasteiger partial charge in [-0.15, -0.1) is 0 Å². The number of nitrogens with zero attached hydrogens (tertiary/aromatic N) is 3. The summed E-state index contributed by atoms with van der Waals surface area (Å²) in [5, 5.41) is 0. The molecule has 0 aliphatic heterocycles. The normalized spacial score (nSPS) is 10.7. The van der Waals surface area contributed by atoms with Crippen LogP contribution in [0.5, 0.6) is 0 Å². The van der Waals surface area contributed by atoms with E-state index in [1.165, 1.54) is 0 Å². The predicted molar refractivity (Wildman–Crippen MR) is 61.4 cm³/mol. The Hall–Kier alpha value is -1.43. The van der Waals surface area contributed by atoms with Crippen LogP contribution in [0.1, 0.15) is 23.1 Å². The fourth-order valence-electron chi connectivity index (χ4n) is 1.42. The van der Waals surface area contributed by atoms with E-state index in [1.54, 1.807) is 30.6 Å². The number of carbonyl (C=O) groups is 1. The summed E-state index contributed by atoms with van der Waals surface area (Å²) in [6.07, 6.45) is 3.27. The van der Waals surface area contributed by atoms with E-state index in [-0.39, 0.29) is 5.69 Å². The van der Waals surface area contributed by atoms with Crippen molar-refractivity contribution in [1.82, 2.24) is 14.4 Å². The monoisotopic (exact) mass is 283 g/mol. The molecule has 2 rings (SSSR count). The first-order valence-corrected chi connectivity index (χ1v) is 5.60. The third-order valence-corrected chi connectivity index (χ3v) is 2.69. The molecular formula is C10H10BrN3O2. The second kappa shape index (κ2) is 4.21. The summed E-state index contributed by atoms with van der Waals surface area (Å²) >= 11 is 3.34. The topological polar surface area (TPSA) is 56.5 Å². The van der Waals surface area contributed by atoms with Gasteiger partial charge in [-0.25, -0.2) is 14.8 Å². The number of rotatable bonds is 2. The maximum atomic E-state index is 11.5. The quantitative estimate of drug-likeness (QED) is 0.791. The summed E-state index contributed by atoms with van der Waals surface area (Å²) in [5.74, 6) is -0.423. The molecular weight excluding hydrogens is 274 g/mol. The smallest absolute Gasteiger partial charge is 0.358 e. The highest BCUT2D eigenvalue weighted by molar-refractivity contribution is 9.10. The zero-order chi connectivity index (χ0) is 11.7. The standard InChI is InChI=1S/C10H10BrN3O2/c1-3-16-10(15)7-5-14-8(11)4-12-9(14)6(2)13-7/h4-5H,3H2,1-2H3. The van der Waals surface area contributed by atoms with Crippen molar-refractivity contribution in [3.8, 4) is 0 Å². The van der Waals surface area contributed by atoms with Gasteiger partial charge in [0.05, 0.1) is 18.5 Å². The Balaban J connectivity index is 2.56. The molecule has 0 spiro atoms. The first-order chi connectivity index (χ1) is 7.63. The Labute approximate surface area is 101 Å². The van der Waals surface area contributed by atoms with E-state index < -0.39 is 5.97 Å². The molecule has 0 bridgehead atoms.